The topological polar surface area (TPSA) is 43.8 Å². The lowest BCUT2D eigenvalue weighted by Crippen LogP contribution is -2.25. The summed E-state index contributed by atoms with van der Waals surface area (Å²) in [5, 5.41) is 0. The van der Waals surface area contributed by atoms with E-state index in [1.807, 2.05) is 35.8 Å². The third-order valence-corrected chi connectivity index (χ3v) is 3.77. The van der Waals surface area contributed by atoms with Crippen LogP contribution in [0.5, 0.6) is 0 Å². The Kier molecular flexibility index (Phi) is 3.90. The van der Waals surface area contributed by atoms with Crippen LogP contribution in [-0.2, 0) is 6.54 Å². The molecule has 5 heteroatoms. The van der Waals surface area contributed by atoms with E-state index in [9.17, 15) is 8.78 Å². The monoisotopic (exact) mass is 301 g/mol. The average molecular weight is 301 g/mol. The number of hydrogen-bond donors (Lipinski definition) is 1. The molecule has 3 rings (SSSR count). The number of benzene rings is 2. The molecule has 0 saturated carbocycles. The fourth-order valence-electron chi connectivity index (χ4n) is 2.48. The van der Waals surface area contributed by atoms with Crippen LogP contribution in [0.1, 0.15) is 13.3 Å². The molecule has 3 nitrogen and oxygen atoms in total. The smallest absolute Gasteiger partial charge is 0.159 e. The zero-order valence-electron chi connectivity index (χ0n) is 12.3. The number of aromatic nitrogens is 2. The fraction of sp³-hybridized carbons (Fsp3) is 0.235. The number of para-hydroxylation sites is 2. The number of nitrogens with two attached hydrogens (primary N) is 1. The molecular weight excluding hydrogens is 284 g/mol. The predicted octanol–water partition coefficient (Wildman–Crippen LogP) is 3.72. The molecular formula is C17H17F2N3. The molecule has 2 N–H and O–H groups in total. The fourth-order valence-corrected chi connectivity index (χ4v) is 2.48. The highest BCUT2D eigenvalue weighted by Gasteiger charge is 2.15. The zero-order valence-corrected chi connectivity index (χ0v) is 12.3. The van der Waals surface area contributed by atoms with Crippen molar-refractivity contribution in [3.63, 3.8) is 0 Å². The van der Waals surface area contributed by atoms with Crippen molar-refractivity contribution in [2.45, 2.75) is 25.9 Å². The van der Waals surface area contributed by atoms with Crippen LogP contribution in [0.25, 0.3) is 22.4 Å². The Bertz CT molecular complexity index is 811. The van der Waals surface area contributed by atoms with Gasteiger partial charge >= 0.3 is 0 Å². The molecule has 0 fully saturated rings. The number of rotatable bonds is 4. The maximum absolute atomic E-state index is 13.5. The Hall–Kier alpha value is -2.27. The van der Waals surface area contributed by atoms with E-state index in [0.717, 1.165) is 23.5 Å². The largest absolute Gasteiger partial charge is 0.326 e. The molecule has 0 aliphatic rings. The molecule has 0 spiro atoms. The molecule has 1 unspecified atom stereocenters. The second-order valence-corrected chi connectivity index (χ2v) is 5.33. The molecule has 1 atom stereocenters. The van der Waals surface area contributed by atoms with Crippen LogP contribution < -0.4 is 5.73 Å². The van der Waals surface area contributed by atoms with Gasteiger partial charge in [0.15, 0.2) is 11.6 Å². The summed E-state index contributed by atoms with van der Waals surface area (Å²) in [6, 6.07) is 11.5. The lowest BCUT2D eigenvalue weighted by molar-refractivity contribution is 0.508. The van der Waals surface area contributed by atoms with E-state index in [1.165, 1.54) is 12.1 Å². The number of hydrogen-bond acceptors (Lipinski definition) is 2. The van der Waals surface area contributed by atoms with Crippen molar-refractivity contribution in [3.05, 3.63) is 54.1 Å². The lowest BCUT2D eigenvalue weighted by Gasteiger charge is -2.14. The van der Waals surface area contributed by atoms with Crippen molar-refractivity contribution in [1.82, 2.24) is 9.55 Å². The van der Waals surface area contributed by atoms with Crippen LogP contribution in [0.4, 0.5) is 8.78 Å². The van der Waals surface area contributed by atoms with E-state index < -0.39 is 11.6 Å². The maximum atomic E-state index is 13.5. The molecule has 1 heterocycles. The van der Waals surface area contributed by atoms with Gasteiger partial charge in [-0.05, 0) is 36.8 Å². The minimum atomic E-state index is -0.879. The normalized spacial score (nSPS) is 12.7. The Morgan fingerprint density at radius 1 is 1.14 bits per heavy atom. The third kappa shape index (κ3) is 2.60. The van der Waals surface area contributed by atoms with E-state index in [4.69, 9.17) is 5.73 Å². The van der Waals surface area contributed by atoms with Crippen molar-refractivity contribution < 1.29 is 8.78 Å². The van der Waals surface area contributed by atoms with Crippen molar-refractivity contribution in [2.24, 2.45) is 5.73 Å². The summed E-state index contributed by atoms with van der Waals surface area (Å²) in [5.41, 5.74) is 8.36. The second kappa shape index (κ2) is 5.85. The van der Waals surface area contributed by atoms with Crippen molar-refractivity contribution in [1.29, 1.82) is 0 Å². The maximum Gasteiger partial charge on any atom is 0.159 e. The van der Waals surface area contributed by atoms with Gasteiger partial charge in [-0.3, -0.25) is 0 Å². The van der Waals surface area contributed by atoms with Gasteiger partial charge in [0.25, 0.3) is 0 Å². The molecule has 114 valence electrons. The standard InChI is InChI=1S/C17H17F2N3/c1-2-12(20)10-22-16-6-4-3-5-15(16)21-17(22)11-7-8-13(18)14(19)9-11/h3-9,12H,2,10,20H2,1H3. The molecule has 22 heavy (non-hydrogen) atoms. The van der Waals surface area contributed by atoms with E-state index in [1.54, 1.807) is 0 Å². The summed E-state index contributed by atoms with van der Waals surface area (Å²) in [6.45, 7) is 2.59. The van der Waals surface area contributed by atoms with E-state index in [2.05, 4.69) is 4.98 Å². The number of halogens is 2. The Balaban J connectivity index is 2.18. The molecule has 0 radical (unpaired) electrons. The molecule has 0 bridgehead atoms. The first-order chi connectivity index (χ1) is 10.6. The van der Waals surface area contributed by atoms with Crippen LogP contribution in [0.3, 0.4) is 0 Å². The van der Waals surface area contributed by atoms with Gasteiger partial charge in [0, 0.05) is 18.2 Å². The highest BCUT2D eigenvalue weighted by Crippen LogP contribution is 2.26. The minimum Gasteiger partial charge on any atom is -0.326 e. The zero-order chi connectivity index (χ0) is 15.7. The first-order valence-electron chi connectivity index (χ1n) is 7.26. The summed E-state index contributed by atoms with van der Waals surface area (Å²) in [5.74, 6) is -1.14. The Morgan fingerprint density at radius 2 is 1.91 bits per heavy atom. The van der Waals surface area contributed by atoms with Gasteiger partial charge < -0.3 is 10.3 Å². The summed E-state index contributed by atoms with van der Waals surface area (Å²) in [6.07, 6.45) is 0.823. The molecule has 0 saturated heterocycles. The Labute approximate surface area is 127 Å². The molecule has 0 aliphatic carbocycles. The average Bonchev–Trinajstić information content (AvgIpc) is 2.89. The highest BCUT2D eigenvalue weighted by molar-refractivity contribution is 5.80. The molecule has 3 aromatic rings. The van der Waals surface area contributed by atoms with E-state index in [0.29, 0.717) is 17.9 Å². The first kappa shape index (κ1) is 14.7. The number of nitrogens with zero attached hydrogens (tertiary/aromatic N) is 2. The van der Waals surface area contributed by atoms with E-state index >= 15 is 0 Å². The molecule has 0 amide bonds. The van der Waals surface area contributed by atoms with Crippen LogP contribution in [0.2, 0.25) is 0 Å². The molecule has 0 aliphatic heterocycles. The first-order valence-corrected chi connectivity index (χ1v) is 7.26. The van der Waals surface area contributed by atoms with Gasteiger partial charge in [0.2, 0.25) is 0 Å². The predicted molar refractivity (Wildman–Crippen MR) is 83.4 cm³/mol. The Morgan fingerprint density at radius 3 is 2.64 bits per heavy atom. The summed E-state index contributed by atoms with van der Waals surface area (Å²) in [7, 11) is 0. The van der Waals surface area contributed by atoms with Crippen LogP contribution >= 0.6 is 0 Å². The van der Waals surface area contributed by atoms with Crippen molar-refractivity contribution in [2.75, 3.05) is 0 Å². The van der Waals surface area contributed by atoms with Gasteiger partial charge in [-0.2, -0.15) is 0 Å². The number of imidazole rings is 1. The van der Waals surface area contributed by atoms with Crippen LogP contribution in [-0.4, -0.2) is 15.6 Å². The van der Waals surface area contributed by atoms with Gasteiger partial charge in [0.05, 0.1) is 11.0 Å². The van der Waals surface area contributed by atoms with Crippen LogP contribution in [0.15, 0.2) is 42.5 Å². The van der Waals surface area contributed by atoms with Gasteiger partial charge in [-0.25, -0.2) is 13.8 Å². The lowest BCUT2D eigenvalue weighted by atomic mass is 10.2. The van der Waals surface area contributed by atoms with Gasteiger partial charge in [-0.1, -0.05) is 19.1 Å². The van der Waals surface area contributed by atoms with Crippen molar-refractivity contribution >= 4 is 11.0 Å². The number of fused-ring (bicyclic) bond motifs is 1. The second-order valence-electron chi connectivity index (χ2n) is 5.33. The molecule has 2 aromatic carbocycles. The quantitative estimate of drug-likeness (QED) is 0.798. The third-order valence-electron chi connectivity index (χ3n) is 3.77. The highest BCUT2D eigenvalue weighted by atomic mass is 19.2. The van der Waals surface area contributed by atoms with Gasteiger partial charge in [0.1, 0.15) is 5.82 Å². The summed E-state index contributed by atoms with van der Waals surface area (Å²) >= 11 is 0. The summed E-state index contributed by atoms with van der Waals surface area (Å²) in [4.78, 5) is 4.56. The summed E-state index contributed by atoms with van der Waals surface area (Å²) < 4.78 is 28.7. The van der Waals surface area contributed by atoms with Gasteiger partial charge in [-0.15, -0.1) is 0 Å². The van der Waals surface area contributed by atoms with E-state index in [-0.39, 0.29) is 6.04 Å². The SMILES string of the molecule is CCC(N)Cn1c(-c2ccc(F)c(F)c2)nc2ccccc21. The molecule has 1 aromatic heterocycles. The van der Waals surface area contributed by atoms with Crippen LogP contribution in [0, 0.1) is 11.6 Å². The van der Waals surface area contributed by atoms with Crippen molar-refractivity contribution in [3.8, 4) is 11.4 Å². The minimum absolute atomic E-state index is 0.0262.